The molecule has 3 aliphatic rings. The molecule has 2 N–H and O–H groups in total. The molecule has 3 aromatic heterocycles. The van der Waals surface area contributed by atoms with Crippen LogP contribution < -0.4 is 15.8 Å². The smallest absolute Gasteiger partial charge is 0.260 e. The van der Waals surface area contributed by atoms with Crippen molar-refractivity contribution in [1.82, 2.24) is 24.4 Å². The van der Waals surface area contributed by atoms with Gasteiger partial charge in [-0.1, -0.05) is 12.1 Å². The van der Waals surface area contributed by atoms with E-state index in [1.54, 1.807) is 0 Å². The molecule has 4 heterocycles. The number of fused-ring (bicyclic) bond motifs is 3. The zero-order valence-electron chi connectivity index (χ0n) is 23.8. The lowest BCUT2D eigenvalue weighted by atomic mass is 9.83. The number of rotatable bonds is 7. The summed E-state index contributed by atoms with van der Waals surface area (Å²) in [5.41, 5.74) is 2.40. The van der Waals surface area contributed by atoms with Gasteiger partial charge in [-0.25, -0.2) is 4.98 Å². The van der Waals surface area contributed by atoms with Crippen molar-refractivity contribution in [2.75, 3.05) is 42.9 Å². The van der Waals surface area contributed by atoms with E-state index < -0.39 is 5.60 Å². The molecule has 3 fully saturated rings. The molecule has 41 heavy (non-hydrogen) atoms. The molecule has 0 atom stereocenters. The van der Waals surface area contributed by atoms with Crippen LogP contribution in [0, 0.1) is 5.92 Å². The maximum absolute atomic E-state index is 14.2. The summed E-state index contributed by atoms with van der Waals surface area (Å²) in [4.78, 5) is 32.8. The van der Waals surface area contributed by atoms with Crippen LogP contribution in [0.3, 0.4) is 0 Å². The highest BCUT2D eigenvalue weighted by molar-refractivity contribution is 6.04. The van der Waals surface area contributed by atoms with Crippen LogP contribution in [0.1, 0.15) is 57.1 Å². The summed E-state index contributed by atoms with van der Waals surface area (Å²) < 4.78 is 1.91. The van der Waals surface area contributed by atoms with Gasteiger partial charge in [0.05, 0.1) is 5.60 Å². The quantitative estimate of drug-likeness (QED) is 0.326. The molecule has 0 bridgehead atoms. The van der Waals surface area contributed by atoms with Crippen molar-refractivity contribution in [3.63, 3.8) is 0 Å². The number of piperazine rings is 1. The van der Waals surface area contributed by atoms with Gasteiger partial charge < -0.3 is 15.3 Å². The monoisotopic (exact) mass is 553 g/mol. The molecule has 214 valence electrons. The fourth-order valence-corrected chi connectivity index (χ4v) is 6.52. The van der Waals surface area contributed by atoms with E-state index in [0.29, 0.717) is 30.4 Å². The van der Waals surface area contributed by atoms with Crippen molar-refractivity contribution in [1.29, 1.82) is 0 Å². The molecule has 7 rings (SSSR count). The zero-order chi connectivity index (χ0) is 28.0. The normalized spacial score (nSPS) is 23.8. The topological polar surface area (TPSA) is 99.4 Å². The third-order valence-corrected chi connectivity index (χ3v) is 9.27. The number of nitrogens with one attached hydrogen (secondary N) is 1. The molecule has 4 aromatic rings. The molecule has 9 heteroatoms. The summed E-state index contributed by atoms with van der Waals surface area (Å²) >= 11 is 0. The Balaban J connectivity index is 1.20. The summed E-state index contributed by atoms with van der Waals surface area (Å²) in [6.45, 7) is 7.45. The van der Waals surface area contributed by atoms with E-state index in [1.165, 1.54) is 18.5 Å². The largest absolute Gasteiger partial charge is 0.390 e. The molecule has 1 saturated heterocycles. The van der Waals surface area contributed by atoms with Crippen molar-refractivity contribution in [3.8, 4) is 0 Å². The standard InChI is InChI=1S/C32H39N7O2/c1-32(41)10-6-25(7-11-32)39-29-28(20-35-31(36-29)34-19-22-2-3-22)26-5-4-23(18-27(26)30(39)40)21-37-14-16-38(17-15-37)24-8-12-33-13-9-24/h4-5,8-9,12-13,18,20,22,25,41H,2-3,6-7,10-11,14-17,19,21H2,1H3,(H,34,35,36). The van der Waals surface area contributed by atoms with Crippen molar-refractivity contribution < 1.29 is 5.11 Å². The van der Waals surface area contributed by atoms with Crippen molar-refractivity contribution in [2.45, 2.75) is 63.6 Å². The van der Waals surface area contributed by atoms with Gasteiger partial charge in [-0.05, 0) is 80.5 Å². The number of hydrogen-bond donors (Lipinski definition) is 2. The van der Waals surface area contributed by atoms with Crippen LogP contribution in [0.5, 0.6) is 0 Å². The van der Waals surface area contributed by atoms with E-state index >= 15 is 0 Å². The highest BCUT2D eigenvalue weighted by Gasteiger charge is 2.31. The van der Waals surface area contributed by atoms with Crippen LogP contribution in [0.15, 0.2) is 53.7 Å². The number of aliphatic hydroxyl groups is 1. The predicted molar refractivity (Wildman–Crippen MR) is 162 cm³/mol. The Kier molecular flexibility index (Phi) is 6.87. The second-order valence-electron chi connectivity index (χ2n) is 12.5. The molecule has 2 saturated carbocycles. The minimum atomic E-state index is -0.673. The predicted octanol–water partition coefficient (Wildman–Crippen LogP) is 4.35. The van der Waals surface area contributed by atoms with Crippen LogP contribution in [0.4, 0.5) is 11.6 Å². The molecular formula is C32H39N7O2. The van der Waals surface area contributed by atoms with Gasteiger partial charge in [0.15, 0.2) is 0 Å². The first-order chi connectivity index (χ1) is 19.9. The maximum atomic E-state index is 14.2. The fraction of sp³-hybridized carbons (Fsp3) is 0.500. The Morgan fingerprint density at radius 2 is 1.73 bits per heavy atom. The van der Waals surface area contributed by atoms with Gasteiger partial charge in [-0.15, -0.1) is 0 Å². The van der Waals surface area contributed by atoms with Crippen LogP contribution in [-0.4, -0.2) is 67.9 Å². The van der Waals surface area contributed by atoms with Gasteiger partial charge in [-0.2, -0.15) is 4.98 Å². The molecule has 2 aliphatic carbocycles. The van der Waals surface area contributed by atoms with Crippen molar-refractivity contribution in [3.05, 3.63) is 64.8 Å². The van der Waals surface area contributed by atoms with Gasteiger partial charge in [0.25, 0.3) is 5.56 Å². The summed E-state index contributed by atoms with van der Waals surface area (Å²) in [7, 11) is 0. The van der Waals surface area contributed by atoms with Crippen LogP contribution in [0.2, 0.25) is 0 Å². The number of aromatic nitrogens is 4. The van der Waals surface area contributed by atoms with Crippen molar-refractivity contribution in [2.24, 2.45) is 5.92 Å². The first kappa shape index (κ1) is 26.3. The van der Waals surface area contributed by atoms with E-state index in [9.17, 15) is 9.90 Å². The Morgan fingerprint density at radius 3 is 2.46 bits per heavy atom. The van der Waals surface area contributed by atoms with Gasteiger partial charge in [0.2, 0.25) is 5.95 Å². The van der Waals surface area contributed by atoms with Gasteiger partial charge in [0, 0.05) is 80.4 Å². The fourth-order valence-electron chi connectivity index (χ4n) is 6.52. The van der Waals surface area contributed by atoms with E-state index in [0.717, 1.165) is 73.8 Å². The van der Waals surface area contributed by atoms with E-state index in [2.05, 4.69) is 55.4 Å². The third-order valence-electron chi connectivity index (χ3n) is 9.27. The second-order valence-corrected chi connectivity index (χ2v) is 12.5. The van der Waals surface area contributed by atoms with Crippen LogP contribution in [-0.2, 0) is 6.54 Å². The molecule has 9 nitrogen and oxygen atoms in total. The average molecular weight is 554 g/mol. The number of pyridine rings is 2. The van der Waals surface area contributed by atoms with Crippen molar-refractivity contribution >= 4 is 33.4 Å². The summed E-state index contributed by atoms with van der Waals surface area (Å²) in [6, 6.07) is 10.5. The molecule has 1 aromatic carbocycles. The molecule has 0 unspecified atom stereocenters. The Bertz CT molecular complexity index is 1600. The minimum Gasteiger partial charge on any atom is -0.390 e. The summed E-state index contributed by atoms with van der Waals surface area (Å²) in [6.07, 6.45) is 10.9. The SMILES string of the molecule is CC1(O)CCC(n2c(=O)c3cc(CN4CCN(c5ccncc5)CC4)ccc3c3cnc(NCC4CC4)nc32)CC1. The Morgan fingerprint density at radius 1 is 0.976 bits per heavy atom. The second kappa shape index (κ2) is 10.7. The summed E-state index contributed by atoms with van der Waals surface area (Å²) in [5, 5.41) is 16.5. The molecule has 0 spiro atoms. The lowest BCUT2D eigenvalue weighted by molar-refractivity contribution is 0.0100. The first-order valence-corrected chi connectivity index (χ1v) is 15.1. The Hall–Kier alpha value is -3.56. The molecule has 1 aliphatic heterocycles. The highest BCUT2D eigenvalue weighted by atomic mass is 16.3. The van der Waals surface area contributed by atoms with Gasteiger partial charge in [-0.3, -0.25) is 19.2 Å². The maximum Gasteiger partial charge on any atom is 0.260 e. The molecule has 0 amide bonds. The van der Waals surface area contributed by atoms with E-state index in [1.807, 2.05) is 30.1 Å². The zero-order valence-corrected chi connectivity index (χ0v) is 23.8. The van der Waals surface area contributed by atoms with E-state index in [-0.39, 0.29) is 11.6 Å². The number of anilines is 2. The number of benzene rings is 1. The highest BCUT2D eigenvalue weighted by Crippen LogP contribution is 2.36. The lowest BCUT2D eigenvalue weighted by Crippen LogP contribution is -2.45. The molecule has 0 radical (unpaired) electrons. The van der Waals surface area contributed by atoms with Gasteiger partial charge >= 0.3 is 0 Å². The first-order valence-electron chi connectivity index (χ1n) is 15.1. The lowest BCUT2D eigenvalue weighted by Gasteiger charge is -2.36. The van der Waals surface area contributed by atoms with E-state index in [4.69, 9.17) is 4.98 Å². The van der Waals surface area contributed by atoms with Crippen LogP contribution >= 0.6 is 0 Å². The van der Waals surface area contributed by atoms with Crippen LogP contribution in [0.25, 0.3) is 21.8 Å². The average Bonchev–Trinajstić information content (AvgIpc) is 3.83. The number of hydrogen-bond acceptors (Lipinski definition) is 8. The third kappa shape index (κ3) is 5.53. The van der Waals surface area contributed by atoms with Gasteiger partial charge in [0.1, 0.15) is 5.65 Å². The minimum absolute atomic E-state index is 0.00530. The number of nitrogens with zero attached hydrogens (tertiary/aromatic N) is 6. The Labute approximate surface area is 240 Å². The summed E-state index contributed by atoms with van der Waals surface area (Å²) in [5.74, 6) is 1.29. The molecular weight excluding hydrogens is 514 g/mol.